The smallest absolute Gasteiger partial charge is 0.275 e. The predicted molar refractivity (Wildman–Crippen MR) is 64.3 cm³/mol. The minimum atomic E-state index is -2.58. The number of aromatic nitrogens is 3. The van der Waals surface area contributed by atoms with Gasteiger partial charge in [-0.05, 0) is 12.1 Å². The van der Waals surface area contributed by atoms with Crippen LogP contribution in [0.3, 0.4) is 0 Å². The van der Waals surface area contributed by atoms with Crippen LogP contribution in [0.15, 0.2) is 42.5 Å². The van der Waals surface area contributed by atoms with E-state index in [1.165, 1.54) is 6.07 Å². The number of nitrogens with one attached hydrogen (secondary N) is 1. The third-order valence-electron chi connectivity index (χ3n) is 2.73. The molecule has 0 saturated heterocycles. The Morgan fingerprint density at radius 3 is 2.50 bits per heavy atom. The number of alkyl halides is 2. The predicted octanol–water partition coefficient (Wildman–Crippen LogP) is 3.56. The van der Waals surface area contributed by atoms with Gasteiger partial charge in [0.15, 0.2) is 5.65 Å². The standard InChI is InChI=1S/C13H9F2N3/c14-12(15)10-7-6-9-11(17-18-13(9)16-10)8-4-2-1-3-5-8/h1-7,12H,(H,16,17,18). The Morgan fingerprint density at radius 1 is 1.00 bits per heavy atom. The zero-order valence-corrected chi connectivity index (χ0v) is 9.27. The third-order valence-corrected chi connectivity index (χ3v) is 2.73. The van der Waals surface area contributed by atoms with Crippen LogP contribution in [-0.4, -0.2) is 15.2 Å². The highest BCUT2D eigenvalue weighted by atomic mass is 19.3. The van der Waals surface area contributed by atoms with E-state index < -0.39 is 6.43 Å². The Morgan fingerprint density at radius 2 is 1.78 bits per heavy atom. The van der Waals surface area contributed by atoms with Gasteiger partial charge in [-0.25, -0.2) is 13.8 Å². The maximum absolute atomic E-state index is 12.5. The summed E-state index contributed by atoms with van der Waals surface area (Å²) in [4.78, 5) is 3.83. The number of fused-ring (bicyclic) bond motifs is 1. The molecule has 18 heavy (non-hydrogen) atoms. The van der Waals surface area contributed by atoms with Crippen molar-refractivity contribution in [2.24, 2.45) is 0 Å². The molecule has 0 fully saturated rings. The minimum Gasteiger partial charge on any atom is -0.275 e. The van der Waals surface area contributed by atoms with Crippen LogP contribution in [0.1, 0.15) is 12.1 Å². The van der Waals surface area contributed by atoms with Gasteiger partial charge in [0.1, 0.15) is 5.69 Å². The maximum atomic E-state index is 12.5. The van der Waals surface area contributed by atoms with E-state index in [-0.39, 0.29) is 5.69 Å². The molecule has 0 unspecified atom stereocenters. The average molecular weight is 245 g/mol. The lowest BCUT2D eigenvalue weighted by molar-refractivity contribution is 0.146. The Balaban J connectivity index is 2.16. The summed E-state index contributed by atoms with van der Waals surface area (Å²) in [5.41, 5.74) is 1.80. The first kappa shape index (κ1) is 10.8. The van der Waals surface area contributed by atoms with Gasteiger partial charge < -0.3 is 0 Å². The number of rotatable bonds is 2. The molecule has 0 amide bonds. The first-order valence-corrected chi connectivity index (χ1v) is 5.44. The molecule has 2 aromatic heterocycles. The van der Waals surface area contributed by atoms with Crippen molar-refractivity contribution in [1.82, 2.24) is 15.2 Å². The van der Waals surface area contributed by atoms with Gasteiger partial charge in [0.25, 0.3) is 6.43 Å². The van der Waals surface area contributed by atoms with Gasteiger partial charge in [0.2, 0.25) is 0 Å². The summed E-state index contributed by atoms with van der Waals surface area (Å²) >= 11 is 0. The van der Waals surface area contributed by atoms with Gasteiger partial charge in [0.05, 0.1) is 5.69 Å². The van der Waals surface area contributed by atoms with Crippen LogP contribution >= 0.6 is 0 Å². The molecule has 0 aliphatic rings. The van der Waals surface area contributed by atoms with E-state index in [0.717, 1.165) is 16.6 Å². The van der Waals surface area contributed by atoms with E-state index in [2.05, 4.69) is 15.2 Å². The highest BCUT2D eigenvalue weighted by Gasteiger charge is 2.13. The molecular weight excluding hydrogens is 236 g/mol. The van der Waals surface area contributed by atoms with Crippen LogP contribution in [0.2, 0.25) is 0 Å². The van der Waals surface area contributed by atoms with Crippen molar-refractivity contribution in [3.63, 3.8) is 0 Å². The molecule has 1 aromatic carbocycles. The van der Waals surface area contributed by atoms with Crippen molar-refractivity contribution >= 4 is 11.0 Å². The Hall–Kier alpha value is -2.30. The Labute approximate surface area is 101 Å². The van der Waals surface area contributed by atoms with Gasteiger partial charge in [-0.3, -0.25) is 5.10 Å². The van der Waals surface area contributed by atoms with Crippen molar-refractivity contribution in [3.05, 3.63) is 48.2 Å². The number of H-pyrrole nitrogens is 1. The van der Waals surface area contributed by atoms with Crippen LogP contribution < -0.4 is 0 Å². The molecule has 2 heterocycles. The molecule has 0 atom stereocenters. The molecule has 3 nitrogen and oxygen atoms in total. The van der Waals surface area contributed by atoms with Gasteiger partial charge in [-0.15, -0.1) is 0 Å². The van der Waals surface area contributed by atoms with Crippen LogP contribution in [0, 0.1) is 0 Å². The van der Waals surface area contributed by atoms with Crippen molar-refractivity contribution in [2.45, 2.75) is 6.43 Å². The van der Waals surface area contributed by atoms with E-state index in [0.29, 0.717) is 5.65 Å². The molecule has 90 valence electrons. The van der Waals surface area contributed by atoms with Gasteiger partial charge in [-0.2, -0.15) is 5.10 Å². The zero-order chi connectivity index (χ0) is 12.5. The monoisotopic (exact) mass is 245 g/mol. The van der Waals surface area contributed by atoms with E-state index in [1.807, 2.05) is 30.3 Å². The number of aromatic amines is 1. The van der Waals surface area contributed by atoms with Crippen molar-refractivity contribution < 1.29 is 8.78 Å². The molecule has 0 aliphatic heterocycles. The molecule has 5 heteroatoms. The minimum absolute atomic E-state index is 0.256. The molecule has 0 spiro atoms. The molecule has 3 aromatic rings. The number of hydrogen-bond donors (Lipinski definition) is 1. The quantitative estimate of drug-likeness (QED) is 0.750. The van der Waals surface area contributed by atoms with Crippen LogP contribution in [0.25, 0.3) is 22.3 Å². The third kappa shape index (κ3) is 1.73. The summed E-state index contributed by atoms with van der Waals surface area (Å²) in [7, 11) is 0. The number of hydrogen-bond acceptors (Lipinski definition) is 2. The molecule has 0 saturated carbocycles. The lowest BCUT2D eigenvalue weighted by Gasteiger charge is -1.99. The SMILES string of the molecule is FC(F)c1ccc2c(-c3ccccc3)[nH]nc2n1. The molecule has 0 bridgehead atoms. The summed E-state index contributed by atoms with van der Waals surface area (Å²) in [6.45, 7) is 0. The van der Waals surface area contributed by atoms with Crippen LogP contribution in [0.5, 0.6) is 0 Å². The first-order chi connectivity index (χ1) is 8.75. The fourth-order valence-corrected chi connectivity index (χ4v) is 1.86. The van der Waals surface area contributed by atoms with Gasteiger partial charge in [0, 0.05) is 10.9 Å². The number of nitrogens with zero attached hydrogens (tertiary/aromatic N) is 2. The topological polar surface area (TPSA) is 41.6 Å². The summed E-state index contributed by atoms with van der Waals surface area (Å²) in [6, 6.07) is 12.5. The summed E-state index contributed by atoms with van der Waals surface area (Å²) in [6.07, 6.45) is -2.58. The van der Waals surface area contributed by atoms with Gasteiger partial charge >= 0.3 is 0 Å². The summed E-state index contributed by atoms with van der Waals surface area (Å²) < 4.78 is 25.0. The van der Waals surface area contributed by atoms with Crippen LogP contribution in [0.4, 0.5) is 8.78 Å². The van der Waals surface area contributed by atoms with E-state index in [9.17, 15) is 8.78 Å². The normalized spacial score (nSPS) is 11.3. The molecular formula is C13H9F2N3. The van der Waals surface area contributed by atoms with E-state index in [1.54, 1.807) is 6.07 Å². The second kappa shape index (κ2) is 4.18. The fraction of sp³-hybridized carbons (Fsp3) is 0.0769. The Kier molecular flexibility index (Phi) is 2.51. The second-order valence-corrected chi connectivity index (χ2v) is 3.87. The van der Waals surface area contributed by atoms with E-state index in [4.69, 9.17) is 0 Å². The lowest BCUT2D eigenvalue weighted by atomic mass is 10.1. The summed E-state index contributed by atoms with van der Waals surface area (Å²) in [5, 5.41) is 7.55. The van der Waals surface area contributed by atoms with Crippen molar-refractivity contribution in [3.8, 4) is 11.3 Å². The maximum Gasteiger partial charge on any atom is 0.280 e. The number of benzene rings is 1. The van der Waals surface area contributed by atoms with Crippen molar-refractivity contribution in [2.75, 3.05) is 0 Å². The lowest BCUT2D eigenvalue weighted by Crippen LogP contribution is -1.89. The first-order valence-electron chi connectivity index (χ1n) is 5.44. The number of pyridine rings is 1. The highest BCUT2D eigenvalue weighted by Crippen LogP contribution is 2.27. The average Bonchev–Trinajstić information content (AvgIpc) is 2.82. The number of halogens is 2. The van der Waals surface area contributed by atoms with Crippen LogP contribution in [-0.2, 0) is 0 Å². The largest absolute Gasteiger partial charge is 0.280 e. The summed E-state index contributed by atoms with van der Waals surface area (Å²) in [5.74, 6) is 0. The highest BCUT2D eigenvalue weighted by molar-refractivity contribution is 5.90. The van der Waals surface area contributed by atoms with E-state index >= 15 is 0 Å². The molecule has 0 aliphatic carbocycles. The second-order valence-electron chi connectivity index (χ2n) is 3.87. The van der Waals surface area contributed by atoms with Gasteiger partial charge in [-0.1, -0.05) is 30.3 Å². The zero-order valence-electron chi connectivity index (χ0n) is 9.27. The Bertz CT molecular complexity index is 677. The van der Waals surface area contributed by atoms with Crippen molar-refractivity contribution in [1.29, 1.82) is 0 Å². The molecule has 3 rings (SSSR count). The molecule has 1 N–H and O–H groups in total. The fourth-order valence-electron chi connectivity index (χ4n) is 1.86. The molecule has 0 radical (unpaired) electrons.